The van der Waals surface area contributed by atoms with Crippen LogP contribution in [0.15, 0.2) is 48.6 Å². The Kier molecular flexibility index (Phi) is 8.56. The largest absolute Gasteiger partial charge is 0.493 e. The predicted molar refractivity (Wildman–Crippen MR) is 167 cm³/mol. The predicted octanol–water partition coefficient (Wildman–Crippen LogP) is 4.77. The number of hydrogen-bond acceptors (Lipinski definition) is 6. The van der Waals surface area contributed by atoms with Gasteiger partial charge in [-0.2, -0.15) is 0 Å². The molecule has 240 valence electrons. The fraction of sp³-hybridized carbons (Fsp3) is 0.500. The quantitative estimate of drug-likeness (QED) is 0.383. The highest BCUT2D eigenvalue weighted by atomic mass is 35.5. The van der Waals surface area contributed by atoms with E-state index in [1.54, 1.807) is 37.3 Å². The number of likely N-dealkylation sites (tertiary alicyclic amines) is 1. The van der Waals surface area contributed by atoms with Crippen LogP contribution in [0.5, 0.6) is 11.5 Å². The number of carbonyl (C=O) groups is 3. The van der Waals surface area contributed by atoms with Crippen LogP contribution in [0.2, 0.25) is 5.02 Å². The van der Waals surface area contributed by atoms with Crippen molar-refractivity contribution in [1.82, 2.24) is 10.2 Å². The van der Waals surface area contributed by atoms with E-state index >= 15 is 0 Å². The Balaban J connectivity index is 1.30. The number of carbonyl (C=O) groups excluding carboxylic acids is 3. The van der Waals surface area contributed by atoms with E-state index in [1.165, 1.54) is 18.2 Å². The molecule has 3 aliphatic heterocycles. The molecule has 2 saturated heterocycles. The Bertz CT molecular complexity index is 1540. The van der Waals surface area contributed by atoms with E-state index in [9.17, 15) is 18.8 Å². The second kappa shape index (κ2) is 12.3. The summed E-state index contributed by atoms with van der Waals surface area (Å²) in [5, 5.41) is 5.93. The lowest BCUT2D eigenvalue weighted by molar-refractivity contribution is -0.141. The van der Waals surface area contributed by atoms with Crippen molar-refractivity contribution in [3.8, 4) is 11.5 Å². The summed E-state index contributed by atoms with van der Waals surface area (Å²) >= 11 is 5.94. The van der Waals surface area contributed by atoms with E-state index in [0.29, 0.717) is 29.5 Å². The molecule has 0 unspecified atom stereocenters. The average molecular weight is 640 g/mol. The molecule has 4 aliphatic rings. The van der Waals surface area contributed by atoms with Crippen LogP contribution in [0.25, 0.3) is 0 Å². The number of rotatable bonds is 9. The molecule has 2 N–H and O–H groups in total. The zero-order valence-corrected chi connectivity index (χ0v) is 26.6. The van der Waals surface area contributed by atoms with Gasteiger partial charge in [0.1, 0.15) is 17.5 Å². The van der Waals surface area contributed by atoms with Crippen molar-refractivity contribution in [3.63, 3.8) is 0 Å². The second-order valence-corrected chi connectivity index (χ2v) is 13.1. The normalized spacial score (nSPS) is 31.6. The van der Waals surface area contributed by atoms with Crippen molar-refractivity contribution in [2.75, 3.05) is 26.1 Å². The molecule has 1 aliphatic carbocycles. The minimum absolute atomic E-state index is 0.0237. The summed E-state index contributed by atoms with van der Waals surface area (Å²) < 4.78 is 31.1. The summed E-state index contributed by atoms with van der Waals surface area (Å²) in [5.74, 6) is -1.55. The van der Waals surface area contributed by atoms with E-state index in [1.807, 2.05) is 12.1 Å². The van der Waals surface area contributed by atoms with Crippen molar-refractivity contribution in [2.45, 2.75) is 63.3 Å². The van der Waals surface area contributed by atoms with E-state index in [4.69, 9.17) is 25.8 Å². The molecule has 2 bridgehead atoms. The van der Waals surface area contributed by atoms with Crippen LogP contribution >= 0.6 is 11.6 Å². The Morgan fingerprint density at radius 3 is 2.60 bits per heavy atom. The summed E-state index contributed by atoms with van der Waals surface area (Å²) in [6, 6.07) is 8.47. The monoisotopic (exact) mass is 639 g/mol. The van der Waals surface area contributed by atoms with Crippen LogP contribution in [0.3, 0.4) is 0 Å². The molecular formula is C34H39ClFN3O6. The molecule has 45 heavy (non-hydrogen) atoms. The third-order valence-corrected chi connectivity index (χ3v) is 10.5. The molecule has 0 radical (unpaired) electrons. The van der Waals surface area contributed by atoms with Gasteiger partial charge < -0.3 is 29.7 Å². The molecule has 11 heteroatoms. The molecule has 9 nitrogen and oxygen atoms in total. The van der Waals surface area contributed by atoms with Gasteiger partial charge in [0.25, 0.3) is 0 Å². The topological polar surface area (TPSA) is 106 Å². The molecule has 8 atom stereocenters. The lowest BCUT2D eigenvalue weighted by Crippen LogP contribution is -2.58. The molecule has 2 aromatic rings. The van der Waals surface area contributed by atoms with Gasteiger partial charge >= 0.3 is 0 Å². The van der Waals surface area contributed by atoms with Crippen LogP contribution in [-0.4, -0.2) is 67.2 Å². The van der Waals surface area contributed by atoms with Gasteiger partial charge in [-0.15, -0.1) is 0 Å². The fourth-order valence-corrected chi connectivity index (χ4v) is 7.82. The van der Waals surface area contributed by atoms with Gasteiger partial charge in [0.2, 0.25) is 17.7 Å². The highest BCUT2D eigenvalue weighted by Gasteiger charge is 2.72. The van der Waals surface area contributed by atoms with E-state index in [0.717, 1.165) is 24.8 Å². The molecule has 3 heterocycles. The number of methoxy groups -OCH3 is 2. The zero-order valence-electron chi connectivity index (χ0n) is 25.8. The maximum atomic E-state index is 14.3. The van der Waals surface area contributed by atoms with Gasteiger partial charge in [-0.05, 0) is 60.6 Å². The fourth-order valence-electron chi connectivity index (χ4n) is 7.64. The first-order valence-electron chi connectivity index (χ1n) is 15.5. The van der Waals surface area contributed by atoms with Crippen molar-refractivity contribution in [1.29, 1.82) is 0 Å². The minimum atomic E-state index is -1.30. The van der Waals surface area contributed by atoms with Gasteiger partial charge in [-0.25, -0.2) is 4.39 Å². The first-order chi connectivity index (χ1) is 21.6. The van der Waals surface area contributed by atoms with Crippen molar-refractivity contribution in [2.24, 2.45) is 23.7 Å². The molecule has 2 aromatic carbocycles. The Morgan fingerprint density at radius 1 is 1.09 bits per heavy atom. The number of halogens is 2. The molecule has 3 amide bonds. The summed E-state index contributed by atoms with van der Waals surface area (Å²) in [6.45, 7) is 4.59. The molecule has 1 saturated carbocycles. The second-order valence-electron chi connectivity index (χ2n) is 12.7. The van der Waals surface area contributed by atoms with Crippen LogP contribution < -0.4 is 20.1 Å². The van der Waals surface area contributed by atoms with Gasteiger partial charge in [-0.3, -0.25) is 14.4 Å². The first kappa shape index (κ1) is 31.4. The summed E-state index contributed by atoms with van der Waals surface area (Å²) in [7, 11) is 3.12. The van der Waals surface area contributed by atoms with Crippen molar-refractivity contribution >= 4 is 35.0 Å². The van der Waals surface area contributed by atoms with Gasteiger partial charge in [-0.1, -0.05) is 56.5 Å². The Labute approximate surface area is 267 Å². The van der Waals surface area contributed by atoms with Crippen molar-refractivity contribution < 1.29 is 33.0 Å². The smallest absolute Gasteiger partial charge is 0.246 e. The maximum absolute atomic E-state index is 14.3. The molecular weight excluding hydrogens is 601 g/mol. The summed E-state index contributed by atoms with van der Waals surface area (Å²) in [4.78, 5) is 43.9. The number of ether oxygens (including phenoxy) is 3. The lowest BCUT2D eigenvalue weighted by Gasteiger charge is -2.38. The van der Waals surface area contributed by atoms with Crippen LogP contribution in [-0.2, 0) is 25.5 Å². The van der Waals surface area contributed by atoms with Crippen LogP contribution in [0.4, 0.5) is 10.1 Å². The zero-order chi connectivity index (χ0) is 32.0. The Morgan fingerprint density at radius 2 is 1.87 bits per heavy atom. The van der Waals surface area contributed by atoms with Crippen molar-refractivity contribution in [3.05, 3.63) is 65.0 Å². The first-order valence-corrected chi connectivity index (χ1v) is 15.9. The summed E-state index contributed by atoms with van der Waals surface area (Å²) in [5.41, 5.74) is -0.0973. The standard InChI is InChI=1S/C34H39ClFN3O6/c1-18-6-5-7-24(19(18)2)38-32(41)30-34-14-12-26(45-34)28(31(40)37-21-9-10-23(36)22(35)17-21)29(34)33(42)39(30)15-13-20-8-11-25(43-3)27(16-20)44-4/h8-12,14,16-19,24,26,28-30H,5-7,13,15H2,1-4H3,(H,37,40)(H,38,41)/t18-,19-,24-,26-,28-,29-,30+,34+/m1/s1. The summed E-state index contributed by atoms with van der Waals surface area (Å²) in [6.07, 6.45) is 6.32. The van der Waals surface area contributed by atoms with Gasteiger partial charge in [0, 0.05) is 18.3 Å². The minimum Gasteiger partial charge on any atom is -0.493 e. The highest BCUT2D eigenvalue weighted by Crippen LogP contribution is 2.55. The average Bonchev–Trinajstić information content (AvgIpc) is 3.67. The van der Waals surface area contributed by atoms with Gasteiger partial charge in [0.05, 0.1) is 37.2 Å². The number of nitrogens with zero attached hydrogens (tertiary/aromatic N) is 1. The number of anilines is 1. The number of benzene rings is 2. The number of amides is 3. The Hall–Kier alpha value is -3.63. The van der Waals surface area contributed by atoms with E-state index in [-0.39, 0.29) is 35.3 Å². The molecule has 0 aromatic heterocycles. The van der Waals surface area contributed by atoms with Gasteiger partial charge in [0.15, 0.2) is 11.5 Å². The highest BCUT2D eigenvalue weighted by molar-refractivity contribution is 6.31. The van der Waals surface area contributed by atoms with Crippen LogP contribution in [0, 0.1) is 29.5 Å². The molecule has 3 fully saturated rings. The van der Waals surface area contributed by atoms with E-state index < -0.39 is 41.3 Å². The number of nitrogens with one attached hydrogen (secondary N) is 2. The number of hydrogen-bond donors (Lipinski definition) is 2. The third kappa shape index (κ3) is 5.46. The third-order valence-electron chi connectivity index (χ3n) is 10.2. The van der Waals surface area contributed by atoms with E-state index in [2.05, 4.69) is 24.5 Å². The molecule has 6 rings (SSSR count). The number of fused-ring (bicyclic) bond motifs is 1. The SMILES string of the molecule is COc1ccc(CCN2C(=O)[C@H]3[C@H](C(=O)Nc4ccc(F)c(Cl)c4)[C@H]4C=C[C@@]3(O4)[C@@H]2C(=O)N[C@@H]2CCC[C@@H](C)[C@H]2C)cc1OC. The maximum Gasteiger partial charge on any atom is 0.246 e. The van der Waals surface area contributed by atoms with Crippen LogP contribution in [0.1, 0.15) is 38.7 Å². The molecule has 1 spiro atoms. The lowest BCUT2D eigenvalue weighted by atomic mass is 9.73.